The number of hydrogen-bond acceptors (Lipinski definition) is 5. The first-order chi connectivity index (χ1) is 13.7. The molecule has 0 aromatic heterocycles. The number of carbonyl (C=O) groups is 2. The highest BCUT2D eigenvalue weighted by Gasteiger charge is 2.48. The van der Waals surface area contributed by atoms with Gasteiger partial charge in [0.15, 0.2) is 0 Å². The summed E-state index contributed by atoms with van der Waals surface area (Å²) in [6, 6.07) is 6.71. The quantitative estimate of drug-likeness (QED) is 0.779. The van der Waals surface area contributed by atoms with E-state index in [0.717, 1.165) is 0 Å². The van der Waals surface area contributed by atoms with Crippen LogP contribution in [0.1, 0.15) is 13.3 Å². The molecule has 29 heavy (non-hydrogen) atoms. The van der Waals surface area contributed by atoms with E-state index in [1.54, 1.807) is 41.2 Å². The molecule has 1 aromatic carbocycles. The van der Waals surface area contributed by atoms with Gasteiger partial charge in [0, 0.05) is 62.9 Å². The summed E-state index contributed by atoms with van der Waals surface area (Å²) in [6.07, 6.45) is 1.40. The molecule has 1 spiro atoms. The van der Waals surface area contributed by atoms with Crippen molar-refractivity contribution in [3.63, 3.8) is 0 Å². The Hall–Kier alpha value is -2.33. The standard InChI is InChI=1S/C19H28N4O5S/c1-4-21-12-19(11-17(21)24)13-22(8-9-23(14-19)29(3,26)27)18(25)20-15-6-5-7-16(10-15)28-2/h5-7,10H,4,8-9,11-14H2,1-3H3,(H,20,25). The van der Waals surface area contributed by atoms with Crippen LogP contribution in [0.5, 0.6) is 5.75 Å². The molecule has 0 bridgehead atoms. The van der Waals surface area contributed by atoms with Crippen molar-refractivity contribution in [3.05, 3.63) is 24.3 Å². The molecule has 2 aliphatic heterocycles. The molecule has 0 radical (unpaired) electrons. The average Bonchev–Trinajstić information content (AvgIpc) is 2.84. The normalized spacial score (nSPS) is 23.3. The molecule has 0 aliphatic carbocycles. The van der Waals surface area contributed by atoms with Gasteiger partial charge in [0.1, 0.15) is 5.75 Å². The predicted octanol–water partition coefficient (Wildman–Crippen LogP) is 1.04. The fraction of sp³-hybridized carbons (Fsp3) is 0.579. The van der Waals surface area contributed by atoms with Crippen LogP contribution in [0.2, 0.25) is 0 Å². The third-order valence-electron chi connectivity index (χ3n) is 5.52. The number of nitrogens with zero attached hydrogens (tertiary/aromatic N) is 3. The first kappa shape index (κ1) is 21.4. The van der Waals surface area contributed by atoms with Gasteiger partial charge >= 0.3 is 6.03 Å². The lowest BCUT2D eigenvalue weighted by molar-refractivity contribution is -0.127. The molecule has 160 valence electrons. The van der Waals surface area contributed by atoms with Gasteiger partial charge in [0.2, 0.25) is 15.9 Å². The Kier molecular flexibility index (Phi) is 6.04. The van der Waals surface area contributed by atoms with Crippen molar-refractivity contribution < 1.29 is 22.7 Å². The molecule has 1 unspecified atom stereocenters. The summed E-state index contributed by atoms with van der Waals surface area (Å²) >= 11 is 0. The van der Waals surface area contributed by atoms with Gasteiger partial charge in [0.25, 0.3) is 0 Å². The minimum Gasteiger partial charge on any atom is -0.497 e. The molecular weight excluding hydrogens is 396 g/mol. The van der Waals surface area contributed by atoms with Crippen molar-refractivity contribution in [2.45, 2.75) is 13.3 Å². The lowest BCUT2D eigenvalue weighted by Crippen LogP contribution is -2.46. The average molecular weight is 425 g/mol. The maximum absolute atomic E-state index is 13.0. The van der Waals surface area contributed by atoms with Crippen LogP contribution in [0, 0.1) is 5.41 Å². The zero-order valence-corrected chi connectivity index (χ0v) is 17.9. The maximum atomic E-state index is 13.0. The number of anilines is 1. The van der Waals surface area contributed by atoms with Crippen LogP contribution < -0.4 is 10.1 Å². The van der Waals surface area contributed by atoms with Crippen LogP contribution in [0.25, 0.3) is 0 Å². The fourth-order valence-corrected chi connectivity index (χ4v) is 4.98. The van der Waals surface area contributed by atoms with E-state index >= 15 is 0 Å². The Morgan fingerprint density at radius 1 is 1.24 bits per heavy atom. The number of sulfonamides is 1. The third kappa shape index (κ3) is 4.81. The molecule has 2 saturated heterocycles. The molecule has 2 heterocycles. The minimum atomic E-state index is -3.44. The maximum Gasteiger partial charge on any atom is 0.321 e. The number of amides is 3. The zero-order valence-electron chi connectivity index (χ0n) is 17.1. The SMILES string of the molecule is CCN1CC2(CC1=O)CN(C(=O)Nc1cccc(OC)c1)CCN(S(C)(=O)=O)C2. The lowest BCUT2D eigenvalue weighted by atomic mass is 9.86. The molecule has 2 aliphatic rings. The van der Waals surface area contributed by atoms with Gasteiger partial charge in [0.05, 0.1) is 13.4 Å². The van der Waals surface area contributed by atoms with Crippen molar-refractivity contribution in [1.29, 1.82) is 0 Å². The second-order valence-electron chi connectivity index (χ2n) is 7.76. The Morgan fingerprint density at radius 2 is 2.00 bits per heavy atom. The smallest absolute Gasteiger partial charge is 0.321 e. The number of nitrogens with one attached hydrogen (secondary N) is 1. The third-order valence-corrected chi connectivity index (χ3v) is 6.77. The van der Waals surface area contributed by atoms with Crippen molar-refractivity contribution >= 4 is 27.6 Å². The molecule has 1 aromatic rings. The highest BCUT2D eigenvalue weighted by Crippen LogP contribution is 2.35. The van der Waals surface area contributed by atoms with Crippen LogP contribution in [0.4, 0.5) is 10.5 Å². The highest BCUT2D eigenvalue weighted by atomic mass is 32.2. The summed E-state index contributed by atoms with van der Waals surface area (Å²) in [4.78, 5) is 28.7. The van der Waals surface area contributed by atoms with E-state index in [1.165, 1.54) is 10.6 Å². The van der Waals surface area contributed by atoms with Gasteiger partial charge in [-0.25, -0.2) is 13.2 Å². The summed E-state index contributed by atoms with van der Waals surface area (Å²) in [5.74, 6) is 0.620. The summed E-state index contributed by atoms with van der Waals surface area (Å²) in [7, 11) is -1.89. The monoisotopic (exact) mass is 424 g/mol. The van der Waals surface area contributed by atoms with Gasteiger partial charge in [-0.05, 0) is 19.1 Å². The first-order valence-corrected chi connectivity index (χ1v) is 11.4. The lowest BCUT2D eigenvalue weighted by Gasteiger charge is -2.33. The van der Waals surface area contributed by atoms with Crippen LogP contribution >= 0.6 is 0 Å². The van der Waals surface area contributed by atoms with E-state index in [9.17, 15) is 18.0 Å². The molecule has 3 rings (SSSR count). The Labute approximate surface area is 171 Å². The fourth-order valence-electron chi connectivity index (χ4n) is 4.06. The number of ether oxygens (including phenoxy) is 1. The number of benzene rings is 1. The van der Waals surface area contributed by atoms with Gasteiger partial charge in [-0.15, -0.1) is 0 Å². The molecule has 10 heteroatoms. The van der Waals surface area contributed by atoms with E-state index < -0.39 is 15.4 Å². The van der Waals surface area contributed by atoms with Gasteiger partial charge in [-0.2, -0.15) is 4.31 Å². The molecule has 9 nitrogen and oxygen atoms in total. The second-order valence-corrected chi connectivity index (χ2v) is 9.75. The molecule has 2 fully saturated rings. The molecule has 1 N–H and O–H groups in total. The van der Waals surface area contributed by atoms with Crippen LogP contribution in [0.15, 0.2) is 24.3 Å². The summed E-state index contributed by atoms with van der Waals surface area (Å²) < 4.78 is 31.1. The van der Waals surface area contributed by atoms with E-state index in [-0.39, 0.29) is 38.0 Å². The van der Waals surface area contributed by atoms with Crippen LogP contribution in [0.3, 0.4) is 0 Å². The number of hydrogen-bond donors (Lipinski definition) is 1. The summed E-state index contributed by atoms with van der Waals surface area (Å²) in [6.45, 7) is 3.91. The van der Waals surface area contributed by atoms with Gasteiger partial charge in [-0.3, -0.25) is 4.79 Å². The van der Waals surface area contributed by atoms with E-state index in [0.29, 0.717) is 31.1 Å². The topological polar surface area (TPSA) is 99.3 Å². The molecular formula is C19H28N4O5S. The molecule has 1 atom stereocenters. The predicted molar refractivity (Wildman–Crippen MR) is 109 cm³/mol. The molecule has 0 saturated carbocycles. The largest absolute Gasteiger partial charge is 0.497 e. The number of methoxy groups -OCH3 is 1. The summed E-state index contributed by atoms with van der Waals surface area (Å²) in [5.41, 5.74) is -0.0245. The summed E-state index contributed by atoms with van der Waals surface area (Å²) in [5, 5.41) is 2.85. The van der Waals surface area contributed by atoms with Crippen molar-refractivity contribution in [1.82, 2.24) is 14.1 Å². The van der Waals surface area contributed by atoms with E-state index in [1.807, 2.05) is 6.92 Å². The zero-order chi connectivity index (χ0) is 21.2. The van der Waals surface area contributed by atoms with E-state index in [2.05, 4.69) is 5.32 Å². The number of likely N-dealkylation sites (tertiary alicyclic amines) is 1. The Morgan fingerprint density at radius 3 is 2.62 bits per heavy atom. The van der Waals surface area contributed by atoms with Crippen molar-refractivity contribution in [2.24, 2.45) is 5.41 Å². The Balaban J connectivity index is 1.83. The Bertz CT molecular complexity index is 890. The van der Waals surface area contributed by atoms with Crippen molar-refractivity contribution in [2.75, 3.05) is 58.0 Å². The minimum absolute atomic E-state index is 0.00370. The highest BCUT2D eigenvalue weighted by molar-refractivity contribution is 7.88. The van der Waals surface area contributed by atoms with Crippen molar-refractivity contribution in [3.8, 4) is 5.75 Å². The van der Waals surface area contributed by atoms with E-state index in [4.69, 9.17) is 4.74 Å². The van der Waals surface area contributed by atoms with Crippen LogP contribution in [-0.4, -0.2) is 87.1 Å². The van der Waals surface area contributed by atoms with Gasteiger partial charge in [-0.1, -0.05) is 6.07 Å². The number of urea groups is 1. The molecule has 3 amide bonds. The van der Waals surface area contributed by atoms with Gasteiger partial charge < -0.3 is 19.9 Å². The number of carbonyl (C=O) groups excluding carboxylic acids is 2. The first-order valence-electron chi connectivity index (χ1n) is 9.59. The second kappa shape index (κ2) is 8.19. The van der Waals surface area contributed by atoms with Crippen LogP contribution in [-0.2, 0) is 14.8 Å². The number of rotatable bonds is 4.